The molecule has 1 aromatic rings. The number of nitrogens with two attached hydrogens (primary N) is 1. The van der Waals surface area contributed by atoms with Crippen LogP contribution in [0.5, 0.6) is 5.75 Å². The zero-order valence-electron chi connectivity index (χ0n) is 10.6. The minimum Gasteiger partial charge on any atom is -0.496 e. The van der Waals surface area contributed by atoms with Crippen LogP contribution in [0.2, 0.25) is 0 Å². The summed E-state index contributed by atoms with van der Waals surface area (Å²) in [6.07, 6.45) is 2.63. The van der Waals surface area contributed by atoms with Crippen molar-refractivity contribution in [2.24, 2.45) is 5.73 Å². The molecule has 1 fully saturated rings. The van der Waals surface area contributed by atoms with Gasteiger partial charge in [0.1, 0.15) is 11.3 Å². The molecule has 2 rings (SSSR count). The molecule has 0 aliphatic heterocycles. The lowest BCUT2D eigenvalue weighted by atomic mass is 9.74. The third-order valence-electron chi connectivity index (χ3n) is 3.88. The van der Waals surface area contributed by atoms with Gasteiger partial charge in [-0.1, -0.05) is 18.2 Å². The van der Waals surface area contributed by atoms with Gasteiger partial charge >= 0.3 is 5.97 Å². The molecular weight excluding hydrogens is 230 g/mol. The predicted molar refractivity (Wildman–Crippen MR) is 68.8 cm³/mol. The van der Waals surface area contributed by atoms with Gasteiger partial charge in [-0.15, -0.1) is 0 Å². The Bertz CT molecular complexity index is 436. The van der Waals surface area contributed by atoms with Crippen LogP contribution in [0, 0.1) is 0 Å². The van der Waals surface area contributed by atoms with Crippen LogP contribution in [0.1, 0.15) is 37.2 Å². The van der Waals surface area contributed by atoms with E-state index in [-0.39, 0.29) is 0 Å². The van der Waals surface area contributed by atoms with Crippen LogP contribution in [0.3, 0.4) is 0 Å². The number of para-hydroxylation sites is 1. The molecule has 4 nitrogen and oxygen atoms in total. The summed E-state index contributed by atoms with van der Waals surface area (Å²) in [6, 6.07) is 7.92. The van der Waals surface area contributed by atoms with Crippen LogP contribution in [-0.4, -0.2) is 23.7 Å². The van der Waals surface area contributed by atoms with Gasteiger partial charge in [0, 0.05) is 0 Å². The van der Waals surface area contributed by atoms with Crippen LogP contribution < -0.4 is 10.5 Å². The molecule has 0 saturated heterocycles. The molecule has 18 heavy (non-hydrogen) atoms. The van der Waals surface area contributed by atoms with Gasteiger partial charge in [-0.2, -0.15) is 0 Å². The van der Waals surface area contributed by atoms with Gasteiger partial charge in [-0.25, -0.2) is 0 Å². The SMILES string of the molecule is COc1ccccc1C1CCC(N)(C(=O)O)CC1. The monoisotopic (exact) mass is 249 g/mol. The Hall–Kier alpha value is -1.55. The van der Waals surface area contributed by atoms with Crippen LogP contribution in [0.4, 0.5) is 0 Å². The lowest BCUT2D eigenvalue weighted by molar-refractivity contribution is -0.144. The molecule has 0 amide bonds. The van der Waals surface area contributed by atoms with Crippen molar-refractivity contribution in [3.8, 4) is 5.75 Å². The molecule has 4 heteroatoms. The van der Waals surface area contributed by atoms with E-state index in [1.807, 2.05) is 24.3 Å². The van der Waals surface area contributed by atoms with E-state index in [1.165, 1.54) is 0 Å². The molecule has 0 radical (unpaired) electrons. The predicted octanol–water partition coefficient (Wildman–Crippen LogP) is 2.13. The topological polar surface area (TPSA) is 72.5 Å². The summed E-state index contributed by atoms with van der Waals surface area (Å²) in [6.45, 7) is 0. The van der Waals surface area contributed by atoms with Crippen molar-refractivity contribution in [3.05, 3.63) is 29.8 Å². The van der Waals surface area contributed by atoms with Gasteiger partial charge < -0.3 is 15.6 Å². The van der Waals surface area contributed by atoms with Crippen molar-refractivity contribution in [2.45, 2.75) is 37.1 Å². The molecule has 0 atom stereocenters. The summed E-state index contributed by atoms with van der Waals surface area (Å²) in [5.41, 5.74) is 6.00. The summed E-state index contributed by atoms with van der Waals surface area (Å²) in [7, 11) is 1.66. The van der Waals surface area contributed by atoms with Gasteiger partial charge in [0.15, 0.2) is 0 Å². The van der Waals surface area contributed by atoms with E-state index in [2.05, 4.69) is 0 Å². The Labute approximate surface area is 107 Å². The minimum atomic E-state index is -1.04. The number of aliphatic carboxylic acids is 1. The summed E-state index contributed by atoms with van der Waals surface area (Å²) in [5, 5.41) is 9.11. The van der Waals surface area contributed by atoms with Crippen molar-refractivity contribution in [3.63, 3.8) is 0 Å². The molecule has 0 heterocycles. The van der Waals surface area contributed by atoms with Gasteiger partial charge in [-0.05, 0) is 43.2 Å². The Morgan fingerprint density at radius 2 is 2.00 bits per heavy atom. The molecule has 1 aromatic carbocycles. The lowest BCUT2D eigenvalue weighted by Gasteiger charge is -2.34. The highest BCUT2D eigenvalue weighted by atomic mass is 16.5. The van der Waals surface area contributed by atoms with E-state index in [1.54, 1.807) is 7.11 Å². The number of hydrogen-bond acceptors (Lipinski definition) is 3. The fourth-order valence-corrected chi connectivity index (χ4v) is 2.66. The molecular formula is C14H19NO3. The third-order valence-corrected chi connectivity index (χ3v) is 3.88. The van der Waals surface area contributed by atoms with Crippen LogP contribution in [0.25, 0.3) is 0 Å². The van der Waals surface area contributed by atoms with Gasteiger partial charge in [0.2, 0.25) is 0 Å². The quantitative estimate of drug-likeness (QED) is 0.860. The number of carboxylic acids is 1. The van der Waals surface area contributed by atoms with Gasteiger partial charge in [0.05, 0.1) is 7.11 Å². The molecule has 1 saturated carbocycles. The Morgan fingerprint density at radius 1 is 1.39 bits per heavy atom. The maximum absolute atomic E-state index is 11.1. The molecule has 1 aliphatic rings. The van der Waals surface area contributed by atoms with Crippen molar-refractivity contribution in [1.82, 2.24) is 0 Å². The molecule has 0 bridgehead atoms. The molecule has 0 unspecified atom stereocenters. The van der Waals surface area contributed by atoms with E-state index in [9.17, 15) is 4.79 Å². The van der Waals surface area contributed by atoms with E-state index < -0.39 is 11.5 Å². The number of carbonyl (C=O) groups is 1. The number of carboxylic acid groups (broad SMARTS) is 1. The normalized spacial score (nSPS) is 27.8. The molecule has 3 N–H and O–H groups in total. The van der Waals surface area contributed by atoms with E-state index in [4.69, 9.17) is 15.6 Å². The first-order chi connectivity index (χ1) is 8.57. The first-order valence-electron chi connectivity index (χ1n) is 6.22. The second-order valence-corrected chi connectivity index (χ2v) is 4.98. The average molecular weight is 249 g/mol. The number of ether oxygens (including phenoxy) is 1. The van der Waals surface area contributed by atoms with Gasteiger partial charge in [-0.3, -0.25) is 4.79 Å². The van der Waals surface area contributed by atoms with E-state index >= 15 is 0 Å². The standard InChI is InChI=1S/C14H19NO3/c1-18-12-5-3-2-4-11(12)10-6-8-14(15,9-7-10)13(16)17/h2-5,10H,6-9,15H2,1H3,(H,16,17). The highest BCUT2D eigenvalue weighted by Gasteiger charge is 2.38. The van der Waals surface area contributed by atoms with Crippen molar-refractivity contribution in [1.29, 1.82) is 0 Å². The summed E-state index contributed by atoms with van der Waals surface area (Å²) >= 11 is 0. The fraction of sp³-hybridized carbons (Fsp3) is 0.500. The maximum atomic E-state index is 11.1. The van der Waals surface area contributed by atoms with E-state index in [0.29, 0.717) is 18.8 Å². The van der Waals surface area contributed by atoms with Crippen LogP contribution in [0.15, 0.2) is 24.3 Å². The van der Waals surface area contributed by atoms with Crippen molar-refractivity contribution in [2.75, 3.05) is 7.11 Å². The molecule has 98 valence electrons. The largest absolute Gasteiger partial charge is 0.496 e. The highest BCUT2D eigenvalue weighted by Crippen LogP contribution is 2.40. The Kier molecular flexibility index (Phi) is 3.57. The average Bonchev–Trinajstić information content (AvgIpc) is 2.39. The molecule has 1 aliphatic carbocycles. The smallest absolute Gasteiger partial charge is 0.323 e. The lowest BCUT2D eigenvalue weighted by Crippen LogP contribution is -2.50. The highest BCUT2D eigenvalue weighted by molar-refractivity contribution is 5.78. The van der Waals surface area contributed by atoms with Crippen molar-refractivity contribution >= 4 is 5.97 Å². The number of hydrogen-bond donors (Lipinski definition) is 2. The van der Waals surface area contributed by atoms with Crippen molar-refractivity contribution < 1.29 is 14.6 Å². The van der Waals surface area contributed by atoms with Gasteiger partial charge in [0.25, 0.3) is 0 Å². The first-order valence-corrected chi connectivity index (χ1v) is 6.22. The van der Waals surface area contributed by atoms with Crippen LogP contribution in [-0.2, 0) is 4.79 Å². The maximum Gasteiger partial charge on any atom is 0.323 e. The molecule has 0 spiro atoms. The van der Waals surface area contributed by atoms with E-state index in [0.717, 1.165) is 24.2 Å². The van der Waals surface area contributed by atoms with Crippen LogP contribution >= 0.6 is 0 Å². The summed E-state index contributed by atoms with van der Waals surface area (Å²) < 4.78 is 5.35. The first kappa shape index (κ1) is 12.9. The number of benzene rings is 1. The summed E-state index contributed by atoms with van der Waals surface area (Å²) in [5.74, 6) is 0.334. The Morgan fingerprint density at radius 3 is 2.56 bits per heavy atom. The minimum absolute atomic E-state index is 0.345. The fourth-order valence-electron chi connectivity index (χ4n) is 2.66. The summed E-state index contributed by atoms with van der Waals surface area (Å²) in [4.78, 5) is 11.1. The second kappa shape index (κ2) is 4.98. The Balaban J connectivity index is 2.12. The zero-order chi connectivity index (χ0) is 13.2. The second-order valence-electron chi connectivity index (χ2n) is 4.98. The molecule has 0 aromatic heterocycles. The number of methoxy groups -OCH3 is 1. The number of rotatable bonds is 3. The zero-order valence-corrected chi connectivity index (χ0v) is 10.6. The third kappa shape index (κ3) is 2.34.